The van der Waals surface area contributed by atoms with Crippen LogP contribution in [0.5, 0.6) is 11.5 Å². The predicted octanol–water partition coefficient (Wildman–Crippen LogP) is 5.73. The third-order valence-corrected chi connectivity index (χ3v) is 5.80. The van der Waals surface area contributed by atoms with E-state index in [1.54, 1.807) is 24.3 Å². The lowest BCUT2D eigenvalue weighted by molar-refractivity contribution is -0.384. The van der Waals surface area contributed by atoms with Crippen LogP contribution in [-0.2, 0) is 11.4 Å². The molecule has 0 fully saturated rings. The smallest absolute Gasteiger partial charge is 0.269 e. The fourth-order valence-electron chi connectivity index (χ4n) is 3.26. The highest BCUT2D eigenvalue weighted by Crippen LogP contribution is 2.35. The Morgan fingerprint density at radius 1 is 1.17 bits per heavy atom. The van der Waals surface area contributed by atoms with E-state index in [-0.39, 0.29) is 23.9 Å². The molecule has 0 saturated heterocycles. The number of nitrogens with one attached hydrogen (secondary N) is 1. The molecule has 1 amide bonds. The van der Waals surface area contributed by atoms with Gasteiger partial charge in [-0.15, -0.1) is 0 Å². The number of halogens is 1. The van der Waals surface area contributed by atoms with E-state index in [9.17, 15) is 20.2 Å². The van der Waals surface area contributed by atoms with Crippen molar-refractivity contribution >= 4 is 33.6 Å². The van der Waals surface area contributed by atoms with Crippen LogP contribution >= 0.6 is 15.9 Å². The third kappa shape index (κ3) is 6.68. The SMILES string of the molecule is COc1cc(/C=C(/C#N)C(=O)N[C@H](C)c2ccccc2)c(Br)cc1OCc1cccc([N+](=O)[O-])c1. The maximum absolute atomic E-state index is 12.7. The number of benzene rings is 3. The number of carbonyl (C=O) groups excluding carboxylic acids is 1. The Balaban J connectivity index is 1.79. The summed E-state index contributed by atoms with van der Waals surface area (Å²) in [4.78, 5) is 23.2. The number of nitrogens with zero attached hydrogens (tertiary/aromatic N) is 2. The number of nitro benzene ring substituents is 1. The van der Waals surface area contributed by atoms with Crippen molar-refractivity contribution in [3.05, 3.63) is 104 Å². The van der Waals surface area contributed by atoms with Crippen molar-refractivity contribution in [2.24, 2.45) is 0 Å². The Hall–Kier alpha value is -4.16. The molecular formula is C26H22BrN3O5. The van der Waals surface area contributed by atoms with E-state index in [0.717, 1.165) is 5.56 Å². The number of rotatable bonds is 9. The molecule has 0 saturated carbocycles. The predicted molar refractivity (Wildman–Crippen MR) is 135 cm³/mol. The maximum atomic E-state index is 12.7. The fraction of sp³-hybridized carbons (Fsp3) is 0.154. The zero-order valence-corrected chi connectivity index (χ0v) is 20.6. The number of amides is 1. The molecule has 0 aliphatic heterocycles. The molecule has 1 atom stereocenters. The normalized spacial score (nSPS) is 11.8. The van der Waals surface area contributed by atoms with E-state index < -0.39 is 10.8 Å². The maximum Gasteiger partial charge on any atom is 0.269 e. The molecule has 8 nitrogen and oxygen atoms in total. The molecular weight excluding hydrogens is 514 g/mol. The summed E-state index contributed by atoms with van der Waals surface area (Å²) >= 11 is 3.45. The van der Waals surface area contributed by atoms with Crippen LogP contribution in [0.2, 0.25) is 0 Å². The van der Waals surface area contributed by atoms with Gasteiger partial charge in [0.1, 0.15) is 18.2 Å². The van der Waals surface area contributed by atoms with Crippen LogP contribution in [0.3, 0.4) is 0 Å². The second kappa shape index (κ2) is 11.8. The Kier molecular flexibility index (Phi) is 8.59. The molecule has 0 bridgehead atoms. The van der Waals surface area contributed by atoms with Gasteiger partial charge in [0.15, 0.2) is 11.5 Å². The van der Waals surface area contributed by atoms with Gasteiger partial charge in [0.25, 0.3) is 11.6 Å². The Morgan fingerprint density at radius 2 is 1.91 bits per heavy atom. The molecule has 3 rings (SSSR count). The van der Waals surface area contributed by atoms with Crippen LogP contribution in [0, 0.1) is 21.4 Å². The molecule has 0 aliphatic rings. The topological polar surface area (TPSA) is 114 Å². The minimum atomic E-state index is -0.499. The highest BCUT2D eigenvalue weighted by molar-refractivity contribution is 9.10. The van der Waals surface area contributed by atoms with Gasteiger partial charge in [-0.2, -0.15) is 5.26 Å². The summed E-state index contributed by atoms with van der Waals surface area (Å²) in [5.41, 5.74) is 2.00. The van der Waals surface area contributed by atoms with Crippen molar-refractivity contribution in [1.29, 1.82) is 5.26 Å². The van der Waals surface area contributed by atoms with E-state index in [2.05, 4.69) is 21.2 Å². The van der Waals surface area contributed by atoms with Gasteiger partial charge < -0.3 is 14.8 Å². The number of hydrogen-bond acceptors (Lipinski definition) is 6. The van der Waals surface area contributed by atoms with Gasteiger partial charge in [-0.25, -0.2) is 0 Å². The average Bonchev–Trinajstić information content (AvgIpc) is 2.87. The van der Waals surface area contributed by atoms with Crippen molar-refractivity contribution in [2.75, 3.05) is 7.11 Å². The van der Waals surface area contributed by atoms with Crippen molar-refractivity contribution in [3.8, 4) is 17.6 Å². The van der Waals surface area contributed by atoms with Gasteiger partial charge in [0.05, 0.1) is 18.1 Å². The number of carbonyl (C=O) groups is 1. The minimum Gasteiger partial charge on any atom is -0.493 e. The summed E-state index contributed by atoms with van der Waals surface area (Å²) < 4.78 is 11.8. The molecule has 178 valence electrons. The number of methoxy groups -OCH3 is 1. The highest BCUT2D eigenvalue weighted by Gasteiger charge is 2.16. The van der Waals surface area contributed by atoms with Crippen LogP contribution in [0.1, 0.15) is 29.7 Å². The second-order valence-electron chi connectivity index (χ2n) is 7.52. The quantitative estimate of drug-likeness (QED) is 0.162. The lowest BCUT2D eigenvalue weighted by Crippen LogP contribution is -2.27. The first-order chi connectivity index (χ1) is 16.8. The Bertz CT molecular complexity index is 1300. The van der Waals surface area contributed by atoms with Gasteiger partial charge in [0, 0.05) is 16.6 Å². The van der Waals surface area contributed by atoms with E-state index in [4.69, 9.17) is 9.47 Å². The number of nitriles is 1. The summed E-state index contributed by atoms with van der Waals surface area (Å²) in [5, 5.41) is 23.4. The van der Waals surface area contributed by atoms with E-state index in [1.807, 2.05) is 43.3 Å². The van der Waals surface area contributed by atoms with Crippen LogP contribution < -0.4 is 14.8 Å². The van der Waals surface area contributed by atoms with Crippen molar-refractivity contribution in [1.82, 2.24) is 5.32 Å². The highest BCUT2D eigenvalue weighted by atomic mass is 79.9. The van der Waals surface area contributed by atoms with Crippen molar-refractivity contribution < 1.29 is 19.2 Å². The second-order valence-corrected chi connectivity index (χ2v) is 8.37. The first-order valence-electron chi connectivity index (χ1n) is 10.5. The van der Waals surface area contributed by atoms with Crippen molar-refractivity contribution in [2.45, 2.75) is 19.6 Å². The van der Waals surface area contributed by atoms with Gasteiger partial charge in [0.2, 0.25) is 0 Å². The monoisotopic (exact) mass is 535 g/mol. The van der Waals surface area contributed by atoms with E-state index in [1.165, 1.54) is 25.3 Å². The van der Waals surface area contributed by atoms with Crippen LogP contribution in [-0.4, -0.2) is 17.9 Å². The van der Waals surface area contributed by atoms with Gasteiger partial charge in [-0.1, -0.05) is 58.4 Å². The molecule has 0 unspecified atom stereocenters. The zero-order chi connectivity index (χ0) is 25.4. The lowest BCUT2D eigenvalue weighted by atomic mass is 10.1. The van der Waals surface area contributed by atoms with Gasteiger partial charge in [-0.3, -0.25) is 14.9 Å². The van der Waals surface area contributed by atoms with E-state index >= 15 is 0 Å². The molecule has 9 heteroatoms. The number of non-ortho nitro benzene ring substituents is 1. The number of hydrogen-bond donors (Lipinski definition) is 1. The summed E-state index contributed by atoms with van der Waals surface area (Å²) in [6.07, 6.45) is 1.46. The van der Waals surface area contributed by atoms with Crippen LogP contribution in [0.4, 0.5) is 5.69 Å². The fourth-order valence-corrected chi connectivity index (χ4v) is 3.70. The summed E-state index contributed by atoms with van der Waals surface area (Å²) in [5.74, 6) is 0.268. The molecule has 0 aromatic heterocycles. The molecule has 3 aromatic carbocycles. The summed E-state index contributed by atoms with van der Waals surface area (Å²) in [6, 6.07) is 20.6. The Morgan fingerprint density at radius 3 is 2.57 bits per heavy atom. The number of ether oxygens (including phenoxy) is 2. The lowest BCUT2D eigenvalue weighted by Gasteiger charge is -2.15. The molecule has 0 radical (unpaired) electrons. The minimum absolute atomic E-state index is 0.0244. The molecule has 0 spiro atoms. The Labute approximate surface area is 211 Å². The summed E-state index contributed by atoms with van der Waals surface area (Å²) in [6.45, 7) is 1.93. The largest absolute Gasteiger partial charge is 0.493 e. The average molecular weight is 536 g/mol. The molecule has 35 heavy (non-hydrogen) atoms. The first-order valence-corrected chi connectivity index (χ1v) is 11.3. The standard InChI is InChI=1S/C26H22BrN3O5/c1-17(19-8-4-3-5-9-19)29-26(31)21(15-28)12-20-13-24(34-2)25(14-23(20)27)35-16-18-7-6-10-22(11-18)30(32)33/h3-14,17H,16H2,1-2H3,(H,29,31)/b21-12-/t17-/m1/s1. The molecule has 0 aliphatic carbocycles. The molecule has 1 N–H and O–H groups in total. The van der Waals surface area contributed by atoms with Crippen LogP contribution in [0.25, 0.3) is 6.08 Å². The first kappa shape index (κ1) is 25.5. The van der Waals surface area contributed by atoms with Gasteiger partial charge >= 0.3 is 0 Å². The zero-order valence-electron chi connectivity index (χ0n) is 19.0. The van der Waals surface area contributed by atoms with Gasteiger partial charge in [-0.05, 0) is 41.8 Å². The summed E-state index contributed by atoms with van der Waals surface area (Å²) in [7, 11) is 1.47. The van der Waals surface area contributed by atoms with E-state index in [0.29, 0.717) is 27.1 Å². The van der Waals surface area contributed by atoms with Crippen LogP contribution in [0.15, 0.2) is 76.8 Å². The molecule has 0 heterocycles. The van der Waals surface area contributed by atoms with Crippen molar-refractivity contribution in [3.63, 3.8) is 0 Å². The number of nitro groups is 1. The molecule has 3 aromatic rings. The third-order valence-electron chi connectivity index (χ3n) is 5.11.